The van der Waals surface area contributed by atoms with E-state index in [2.05, 4.69) is 44.3 Å². The lowest BCUT2D eigenvalue weighted by Gasteiger charge is -2.31. The van der Waals surface area contributed by atoms with Crippen LogP contribution >= 0.6 is 11.8 Å². The van der Waals surface area contributed by atoms with Crippen molar-refractivity contribution in [2.75, 3.05) is 11.1 Å². The van der Waals surface area contributed by atoms with E-state index in [1.807, 2.05) is 0 Å². The van der Waals surface area contributed by atoms with Crippen LogP contribution in [0.2, 0.25) is 0 Å². The van der Waals surface area contributed by atoms with Gasteiger partial charge in [0.05, 0.1) is 12.1 Å². The lowest BCUT2D eigenvalue weighted by molar-refractivity contribution is -0.137. The highest BCUT2D eigenvalue weighted by Gasteiger charge is 2.26. The number of benzene rings is 1. The molecule has 1 aliphatic heterocycles. The van der Waals surface area contributed by atoms with Crippen LogP contribution in [0.3, 0.4) is 0 Å². The number of aliphatic carboxylic acids is 1. The van der Waals surface area contributed by atoms with Crippen molar-refractivity contribution in [3.05, 3.63) is 23.8 Å². The molecule has 0 spiro atoms. The number of rotatable bonds is 2. The maximum atomic E-state index is 10.8. The number of hydrogen-bond acceptors (Lipinski definition) is 3. The van der Waals surface area contributed by atoms with E-state index in [4.69, 9.17) is 5.11 Å². The summed E-state index contributed by atoms with van der Waals surface area (Å²) in [5.41, 5.74) is 2.43. The monoisotopic (exact) mass is 265 g/mol. The summed E-state index contributed by atoms with van der Waals surface area (Å²) in [6, 6.07) is 6.31. The minimum Gasteiger partial charge on any atom is -0.481 e. The Bertz CT molecular complexity index is 465. The number of nitrogens with one attached hydrogen (secondary N) is 1. The summed E-state index contributed by atoms with van der Waals surface area (Å²) in [4.78, 5) is 12.0. The second-order valence-corrected chi connectivity index (χ2v) is 6.74. The molecule has 0 fully saturated rings. The van der Waals surface area contributed by atoms with Gasteiger partial charge in [0.15, 0.2) is 0 Å². The van der Waals surface area contributed by atoms with Crippen LogP contribution in [0.5, 0.6) is 0 Å². The Morgan fingerprint density at radius 1 is 1.50 bits per heavy atom. The van der Waals surface area contributed by atoms with Crippen molar-refractivity contribution < 1.29 is 9.90 Å². The number of carbonyl (C=O) groups is 1. The van der Waals surface area contributed by atoms with Crippen LogP contribution in [0.15, 0.2) is 23.1 Å². The summed E-state index contributed by atoms with van der Waals surface area (Å²) in [5, 5.41) is 12.3. The maximum Gasteiger partial charge on any atom is 0.305 e. The fourth-order valence-electron chi connectivity index (χ4n) is 2.18. The first kappa shape index (κ1) is 13.3. The van der Waals surface area contributed by atoms with Crippen molar-refractivity contribution in [3.63, 3.8) is 0 Å². The standard InChI is InChI=1S/C14H19NO2S/c1-14(2,3)10-5-4-6-11-13(10)15-9(8-18-11)7-12(16)17/h4-6,9,15H,7-8H2,1-3H3,(H,16,17). The first-order valence-corrected chi connectivity index (χ1v) is 7.11. The number of carboxylic acid groups (broad SMARTS) is 1. The van der Waals surface area contributed by atoms with Crippen LogP contribution in [0, 0.1) is 0 Å². The van der Waals surface area contributed by atoms with Crippen LogP contribution in [-0.2, 0) is 10.2 Å². The molecule has 0 radical (unpaired) electrons. The van der Waals surface area contributed by atoms with Gasteiger partial charge in [-0.2, -0.15) is 0 Å². The van der Waals surface area contributed by atoms with Gasteiger partial charge in [0, 0.05) is 16.7 Å². The van der Waals surface area contributed by atoms with E-state index in [-0.39, 0.29) is 17.9 Å². The molecule has 2 N–H and O–H groups in total. The Balaban J connectivity index is 2.32. The largest absolute Gasteiger partial charge is 0.481 e. The second kappa shape index (κ2) is 4.84. The summed E-state index contributed by atoms with van der Waals surface area (Å²) >= 11 is 1.74. The minimum absolute atomic E-state index is 0.0171. The fourth-order valence-corrected chi connectivity index (χ4v) is 3.25. The van der Waals surface area contributed by atoms with Crippen LogP contribution < -0.4 is 5.32 Å². The summed E-state index contributed by atoms with van der Waals surface area (Å²) in [6.45, 7) is 6.53. The highest BCUT2D eigenvalue weighted by atomic mass is 32.2. The first-order chi connectivity index (χ1) is 8.38. The molecule has 4 heteroatoms. The SMILES string of the molecule is CC(C)(C)c1cccc2c1NC(CC(=O)O)CS2. The minimum atomic E-state index is -0.746. The van der Waals surface area contributed by atoms with E-state index in [9.17, 15) is 4.79 Å². The Labute approximate surface area is 112 Å². The molecule has 1 aliphatic rings. The molecule has 1 heterocycles. The summed E-state index contributed by atoms with van der Waals surface area (Å²) in [7, 11) is 0. The van der Waals surface area contributed by atoms with E-state index < -0.39 is 5.97 Å². The van der Waals surface area contributed by atoms with Crippen LogP contribution in [0.25, 0.3) is 0 Å². The number of anilines is 1. The molecule has 0 amide bonds. The van der Waals surface area contributed by atoms with E-state index in [0.717, 1.165) is 11.4 Å². The van der Waals surface area contributed by atoms with Gasteiger partial charge in [-0.15, -0.1) is 11.8 Å². The van der Waals surface area contributed by atoms with Gasteiger partial charge >= 0.3 is 5.97 Å². The average molecular weight is 265 g/mol. The van der Waals surface area contributed by atoms with Gasteiger partial charge in [-0.25, -0.2) is 0 Å². The zero-order valence-corrected chi connectivity index (χ0v) is 11.8. The fraction of sp³-hybridized carbons (Fsp3) is 0.500. The molecule has 18 heavy (non-hydrogen) atoms. The zero-order valence-electron chi connectivity index (χ0n) is 11.0. The predicted octanol–water partition coefficient (Wildman–Crippen LogP) is 3.35. The molecule has 0 aliphatic carbocycles. The van der Waals surface area contributed by atoms with Crippen molar-refractivity contribution in [3.8, 4) is 0 Å². The van der Waals surface area contributed by atoms with Gasteiger partial charge in [-0.05, 0) is 17.0 Å². The quantitative estimate of drug-likeness (QED) is 0.861. The zero-order chi connectivity index (χ0) is 13.3. The summed E-state index contributed by atoms with van der Waals surface area (Å²) in [6.07, 6.45) is 0.172. The molecule has 1 atom stereocenters. The van der Waals surface area contributed by atoms with Gasteiger partial charge in [-0.1, -0.05) is 32.9 Å². The van der Waals surface area contributed by atoms with Crippen molar-refractivity contribution in [1.82, 2.24) is 0 Å². The van der Waals surface area contributed by atoms with Gasteiger partial charge in [0.1, 0.15) is 0 Å². The molecule has 1 unspecified atom stereocenters. The average Bonchev–Trinajstić information content (AvgIpc) is 2.26. The van der Waals surface area contributed by atoms with Crippen LogP contribution in [-0.4, -0.2) is 22.9 Å². The van der Waals surface area contributed by atoms with Crippen LogP contribution in [0.1, 0.15) is 32.8 Å². The van der Waals surface area contributed by atoms with Crippen molar-refractivity contribution in [2.24, 2.45) is 0 Å². The second-order valence-electron chi connectivity index (χ2n) is 5.68. The molecular weight excluding hydrogens is 246 g/mol. The molecule has 3 nitrogen and oxygen atoms in total. The maximum absolute atomic E-state index is 10.8. The third kappa shape index (κ3) is 2.80. The number of fused-ring (bicyclic) bond motifs is 1. The van der Waals surface area contributed by atoms with E-state index in [0.29, 0.717) is 0 Å². The Morgan fingerprint density at radius 2 is 2.22 bits per heavy atom. The third-order valence-corrected chi connectivity index (χ3v) is 4.26. The normalized spacial score (nSPS) is 18.9. The highest BCUT2D eigenvalue weighted by molar-refractivity contribution is 7.99. The first-order valence-electron chi connectivity index (χ1n) is 6.12. The molecule has 2 rings (SSSR count). The van der Waals surface area contributed by atoms with Crippen molar-refractivity contribution in [2.45, 2.75) is 43.5 Å². The topological polar surface area (TPSA) is 49.3 Å². The Hall–Kier alpha value is -1.16. The number of thioether (sulfide) groups is 1. The van der Waals surface area contributed by atoms with Crippen LogP contribution in [0.4, 0.5) is 5.69 Å². The van der Waals surface area contributed by atoms with Crippen molar-refractivity contribution in [1.29, 1.82) is 0 Å². The van der Waals surface area contributed by atoms with Gasteiger partial charge < -0.3 is 10.4 Å². The molecule has 0 aromatic heterocycles. The van der Waals surface area contributed by atoms with E-state index >= 15 is 0 Å². The molecule has 1 aromatic carbocycles. The van der Waals surface area contributed by atoms with Gasteiger partial charge in [0.25, 0.3) is 0 Å². The van der Waals surface area contributed by atoms with Gasteiger partial charge in [-0.3, -0.25) is 4.79 Å². The molecule has 0 bridgehead atoms. The lowest BCUT2D eigenvalue weighted by Crippen LogP contribution is -2.30. The van der Waals surface area contributed by atoms with Crippen molar-refractivity contribution >= 4 is 23.4 Å². The Kier molecular flexibility index (Phi) is 3.57. The van der Waals surface area contributed by atoms with E-state index in [1.165, 1.54) is 10.5 Å². The number of hydrogen-bond donors (Lipinski definition) is 2. The summed E-state index contributed by atoms with van der Waals surface area (Å²) in [5.74, 6) is 0.0668. The molecule has 1 aromatic rings. The van der Waals surface area contributed by atoms with Gasteiger partial charge in [0.2, 0.25) is 0 Å². The summed E-state index contributed by atoms with van der Waals surface area (Å²) < 4.78 is 0. The predicted molar refractivity (Wildman–Crippen MR) is 75.5 cm³/mol. The van der Waals surface area contributed by atoms with E-state index in [1.54, 1.807) is 11.8 Å². The third-order valence-electron chi connectivity index (χ3n) is 3.04. The molecule has 0 saturated carbocycles. The number of para-hydroxylation sites is 1. The molecule has 0 saturated heterocycles. The molecular formula is C14H19NO2S. The Morgan fingerprint density at radius 3 is 2.83 bits per heavy atom. The smallest absolute Gasteiger partial charge is 0.305 e. The number of carboxylic acids is 1. The molecule has 98 valence electrons. The highest BCUT2D eigenvalue weighted by Crippen LogP contribution is 2.40. The lowest BCUT2D eigenvalue weighted by atomic mass is 9.85.